The van der Waals surface area contributed by atoms with Crippen LogP contribution in [0.4, 0.5) is 0 Å². The topological polar surface area (TPSA) is 118 Å². The Morgan fingerprint density at radius 3 is 2.12 bits per heavy atom. The van der Waals surface area contributed by atoms with E-state index in [9.17, 15) is 18.0 Å². The molecule has 0 atom stereocenters. The molecule has 0 heterocycles. The van der Waals surface area contributed by atoms with Crippen molar-refractivity contribution in [3.05, 3.63) is 29.8 Å². The number of hydrogen-bond acceptors (Lipinski definition) is 5. The molecule has 1 aromatic carbocycles. The molecule has 0 aliphatic carbocycles. The maximum atomic E-state index is 10.9. The number of carbonyl (C=O) groups excluding carboxylic acids is 1. The molecule has 2 N–H and O–H groups in total. The molecule has 8 heteroatoms. The first-order valence-electron chi connectivity index (χ1n) is 4.30. The van der Waals surface area contributed by atoms with Crippen LogP contribution in [-0.2, 0) is 26.4 Å². The molecule has 0 radical (unpaired) electrons. The lowest BCUT2D eigenvalue weighted by atomic mass is 10.1. The van der Waals surface area contributed by atoms with Crippen molar-refractivity contribution in [2.45, 2.75) is 6.42 Å². The average molecular weight is 260 g/mol. The lowest BCUT2D eigenvalue weighted by Gasteiger charge is -2.02. The molecule has 7 nitrogen and oxygen atoms in total. The van der Waals surface area contributed by atoms with Gasteiger partial charge in [0.25, 0.3) is 0 Å². The second-order valence-corrected chi connectivity index (χ2v) is 4.08. The highest BCUT2D eigenvalue weighted by Crippen LogP contribution is 2.14. The number of carboxylic acid groups (broad SMARTS) is 1. The smallest absolute Gasteiger partial charge is 0.446 e. The Morgan fingerprint density at radius 2 is 1.71 bits per heavy atom. The number of rotatable bonds is 5. The first-order valence-corrected chi connectivity index (χ1v) is 5.66. The van der Waals surface area contributed by atoms with Crippen LogP contribution in [0.25, 0.3) is 0 Å². The third-order valence-corrected chi connectivity index (χ3v) is 2.13. The molecule has 0 aliphatic rings. The summed E-state index contributed by atoms with van der Waals surface area (Å²) >= 11 is 0. The lowest BCUT2D eigenvalue weighted by molar-refractivity contribution is -0.148. The van der Waals surface area contributed by atoms with E-state index in [4.69, 9.17) is 9.66 Å². The van der Waals surface area contributed by atoms with Gasteiger partial charge in [-0.15, -0.1) is 0 Å². The Labute approximate surface area is 96.6 Å². The highest BCUT2D eigenvalue weighted by molar-refractivity contribution is 7.81. The summed E-state index contributed by atoms with van der Waals surface area (Å²) in [6, 6.07) is 5.03. The van der Waals surface area contributed by atoms with Crippen LogP contribution in [0.1, 0.15) is 5.56 Å². The fraction of sp³-hybridized carbons (Fsp3) is 0.111. The van der Waals surface area contributed by atoms with E-state index in [1.54, 1.807) is 0 Å². The third-order valence-electron chi connectivity index (χ3n) is 1.73. The van der Waals surface area contributed by atoms with Crippen LogP contribution in [0, 0.1) is 0 Å². The summed E-state index contributed by atoms with van der Waals surface area (Å²) in [5, 5.41) is 8.36. The normalized spacial score (nSPS) is 10.9. The van der Waals surface area contributed by atoms with Gasteiger partial charge in [0, 0.05) is 6.42 Å². The number of carbonyl (C=O) groups is 2. The maximum Gasteiger partial charge on any atom is 0.446 e. The molecular weight excluding hydrogens is 252 g/mol. The number of hydrogen-bond donors (Lipinski definition) is 2. The van der Waals surface area contributed by atoms with Gasteiger partial charge in [0.2, 0.25) is 5.78 Å². The molecule has 0 bridgehead atoms. The van der Waals surface area contributed by atoms with Gasteiger partial charge in [0.1, 0.15) is 5.75 Å². The number of benzene rings is 1. The van der Waals surface area contributed by atoms with E-state index in [0.717, 1.165) is 0 Å². The maximum absolute atomic E-state index is 10.9. The van der Waals surface area contributed by atoms with Crippen molar-refractivity contribution in [2.75, 3.05) is 0 Å². The quantitative estimate of drug-likeness (QED) is 0.567. The highest BCUT2D eigenvalue weighted by Gasteiger charge is 2.12. The molecule has 0 fully saturated rings. The zero-order valence-electron chi connectivity index (χ0n) is 8.36. The zero-order chi connectivity index (χ0) is 13.1. The minimum atomic E-state index is -4.59. The molecule has 1 rings (SSSR count). The Bertz CT molecular complexity index is 529. The predicted octanol–water partition coefficient (Wildman–Crippen LogP) is 0.0644. The summed E-state index contributed by atoms with van der Waals surface area (Å²) in [5.41, 5.74) is 0.389. The summed E-state index contributed by atoms with van der Waals surface area (Å²) in [7, 11) is -4.59. The summed E-state index contributed by atoms with van der Waals surface area (Å²) in [5.74, 6) is -2.66. The van der Waals surface area contributed by atoms with Crippen LogP contribution in [0.15, 0.2) is 24.3 Å². The minimum Gasteiger partial charge on any atom is -0.475 e. The molecule has 0 unspecified atom stereocenters. The van der Waals surface area contributed by atoms with Gasteiger partial charge in [0.05, 0.1) is 0 Å². The van der Waals surface area contributed by atoms with Crippen molar-refractivity contribution in [1.82, 2.24) is 0 Å². The molecule has 1 aromatic rings. The Hall–Kier alpha value is -1.93. The monoisotopic (exact) mass is 260 g/mol. The number of Topliss-reactive ketones (excluding diaryl/α,β-unsaturated/α-hetero) is 1. The van der Waals surface area contributed by atoms with Crippen molar-refractivity contribution in [3.63, 3.8) is 0 Å². The fourth-order valence-electron chi connectivity index (χ4n) is 1.05. The van der Waals surface area contributed by atoms with Crippen molar-refractivity contribution in [3.8, 4) is 5.75 Å². The Balaban J connectivity index is 2.75. The van der Waals surface area contributed by atoms with Gasteiger partial charge in [-0.1, -0.05) is 12.1 Å². The molecule has 0 saturated heterocycles. The largest absolute Gasteiger partial charge is 0.475 e. The first-order chi connectivity index (χ1) is 7.78. The second-order valence-electron chi connectivity index (χ2n) is 3.06. The third kappa shape index (κ3) is 4.62. The standard InChI is InChI=1S/C9H8O7S/c10-8(9(11)12)5-6-1-3-7(4-2-6)16-17(13,14)15/h1-4H,5H2,(H,11,12)(H,13,14,15). The van der Waals surface area contributed by atoms with Crippen LogP contribution in [0.2, 0.25) is 0 Å². The summed E-state index contributed by atoms with van der Waals surface area (Å²) in [4.78, 5) is 21.1. The fourth-order valence-corrected chi connectivity index (χ4v) is 1.40. The molecule has 0 amide bonds. The second kappa shape index (κ2) is 4.93. The molecule has 0 aromatic heterocycles. The van der Waals surface area contributed by atoms with Crippen molar-refractivity contribution < 1.29 is 31.8 Å². The minimum absolute atomic E-state index is 0.140. The van der Waals surface area contributed by atoms with Gasteiger partial charge in [0.15, 0.2) is 0 Å². The average Bonchev–Trinajstić information content (AvgIpc) is 2.18. The SMILES string of the molecule is O=C(O)C(=O)Cc1ccc(OS(=O)(=O)O)cc1. The highest BCUT2D eigenvalue weighted by atomic mass is 32.3. The van der Waals surface area contributed by atoms with Gasteiger partial charge in [-0.05, 0) is 17.7 Å². The molecular formula is C9H8O7S. The van der Waals surface area contributed by atoms with E-state index >= 15 is 0 Å². The van der Waals surface area contributed by atoms with E-state index < -0.39 is 22.2 Å². The predicted molar refractivity (Wildman–Crippen MR) is 55.0 cm³/mol. The first kappa shape index (κ1) is 13.1. The summed E-state index contributed by atoms with van der Waals surface area (Å²) in [6.07, 6.45) is -0.304. The van der Waals surface area contributed by atoms with Crippen LogP contribution >= 0.6 is 0 Å². The van der Waals surface area contributed by atoms with Gasteiger partial charge >= 0.3 is 16.4 Å². The van der Waals surface area contributed by atoms with Crippen LogP contribution in [-0.4, -0.2) is 29.8 Å². The summed E-state index contributed by atoms with van der Waals surface area (Å²) < 4.78 is 33.2. The number of carboxylic acids is 1. The van der Waals surface area contributed by atoms with Crippen LogP contribution < -0.4 is 4.18 Å². The molecule has 17 heavy (non-hydrogen) atoms. The molecule has 0 spiro atoms. The van der Waals surface area contributed by atoms with Crippen molar-refractivity contribution in [2.24, 2.45) is 0 Å². The van der Waals surface area contributed by atoms with Crippen LogP contribution in [0.5, 0.6) is 5.75 Å². The van der Waals surface area contributed by atoms with E-state index in [2.05, 4.69) is 4.18 Å². The van der Waals surface area contributed by atoms with Gasteiger partial charge in [-0.3, -0.25) is 9.35 Å². The van der Waals surface area contributed by atoms with Gasteiger partial charge in [-0.25, -0.2) is 4.79 Å². The van der Waals surface area contributed by atoms with Crippen LogP contribution in [0.3, 0.4) is 0 Å². The number of ketones is 1. The van der Waals surface area contributed by atoms with E-state index in [1.807, 2.05) is 0 Å². The Kier molecular flexibility index (Phi) is 3.81. The zero-order valence-corrected chi connectivity index (χ0v) is 9.18. The number of aliphatic carboxylic acids is 1. The van der Waals surface area contributed by atoms with Crippen molar-refractivity contribution in [1.29, 1.82) is 0 Å². The van der Waals surface area contributed by atoms with E-state index in [1.165, 1.54) is 24.3 Å². The molecule has 0 aliphatic heterocycles. The molecule has 0 saturated carbocycles. The van der Waals surface area contributed by atoms with Gasteiger partial charge in [-0.2, -0.15) is 8.42 Å². The summed E-state index contributed by atoms with van der Waals surface area (Å²) in [6.45, 7) is 0. The Morgan fingerprint density at radius 1 is 1.18 bits per heavy atom. The van der Waals surface area contributed by atoms with Gasteiger partial charge < -0.3 is 9.29 Å². The van der Waals surface area contributed by atoms with Crippen molar-refractivity contribution >= 4 is 22.2 Å². The lowest BCUT2D eigenvalue weighted by Crippen LogP contribution is -2.15. The van der Waals surface area contributed by atoms with E-state index in [-0.39, 0.29) is 12.2 Å². The van der Waals surface area contributed by atoms with E-state index in [0.29, 0.717) is 5.56 Å². The molecule has 92 valence electrons.